The molecular formula is C23H25ClFN3O3S. The summed E-state index contributed by atoms with van der Waals surface area (Å²) in [5.74, 6) is 0.251. The molecule has 9 heteroatoms. The molecule has 0 atom stereocenters. The Morgan fingerprint density at radius 1 is 1.22 bits per heavy atom. The van der Waals surface area contributed by atoms with Crippen molar-refractivity contribution < 1.29 is 18.7 Å². The minimum absolute atomic E-state index is 0.0376. The van der Waals surface area contributed by atoms with Crippen molar-refractivity contribution >= 4 is 28.8 Å². The second-order valence-electron chi connectivity index (χ2n) is 6.97. The van der Waals surface area contributed by atoms with Crippen LogP contribution in [-0.4, -0.2) is 37.8 Å². The van der Waals surface area contributed by atoms with Crippen molar-refractivity contribution in [2.45, 2.75) is 19.5 Å². The van der Waals surface area contributed by atoms with Crippen molar-refractivity contribution in [2.24, 2.45) is 4.99 Å². The van der Waals surface area contributed by atoms with Crippen molar-refractivity contribution in [2.75, 3.05) is 27.4 Å². The Hall–Kier alpha value is -2.68. The SMILES string of the molecule is COCC(=O)NCCCn1c(-c2ccc(F)cc2)csc1=NCc1ccc(Cl)cc1OC. The number of hydrogen-bond donors (Lipinski definition) is 1. The number of methoxy groups -OCH3 is 2. The fourth-order valence-corrected chi connectivity index (χ4v) is 4.27. The molecule has 3 aromatic rings. The van der Waals surface area contributed by atoms with Crippen LogP contribution in [0.1, 0.15) is 12.0 Å². The molecule has 3 rings (SSSR count). The van der Waals surface area contributed by atoms with Gasteiger partial charge in [-0.1, -0.05) is 17.7 Å². The van der Waals surface area contributed by atoms with Gasteiger partial charge in [0, 0.05) is 36.2 Å². The largest absolute Gasteiger partial charge is 0.496 e. The molecule has 0 aliphatic carbocycles. The summed E-state index contributed by atoms with van der Waals surface area (Å²) in [6.07, 6.45) is 0.706. The van der Waals surface area contributed by atoms with Crippen LogP contribution in [0.2, 0.25) is 5.02 Å². The van der Waals surface area contributed by atoms with Gasteiger partial charge in [-0.15, -0.1) is 11.3 Å². The Balaban J connectivity index is 1.85. The number of nitrogens with one attached hydrogen (secondary N) is 1. The van der Waals surface area contributed by atoms with E-state index in [9.17, 15) is 9.18 Å². The van der Waals surface area contributed by atoms with E-state index in [4.69, 9.17) is 26.1 Å². The summed E-state index contributed by atoms with van der Waals surface area (Å²) in [5.41, 5.74) is 2.77. The molecule has 170 valence electrons. The lowest BCUT2D eigenvalue weighted by Crippen LogP contribution is -2.29. The van der Waals surface area contributed by atoms with E-state index in [-0.39, 0.29) is 18.3 Å². The third-order valence-corrected chi connectivity index (χ3v) is 5.86. The molecule has 6 nitrogen and oxygen atoms in total. The van der Waals surface area contributed by atoms with Crippen molar-refractivity contribution in [3.05, 3.63) is 69.0 Å². The highest BCUT2D eigenvalue weighted by molar-refractivity contribution is 7.07. The van der Waals surface area contributed by atoms with Crippen LogP contribution < -0.4 is 14.9 Å². The molecule has 1 amide bonds. The molecule has 0 aliphatic heterocycles. The topological polar surface area (TPSA) is 64.8 Å². The predicted octanol–water partition coefficient (Wildman–Crippen LogP) is 4.27. The summed E-state index contributed by atoms with van der Waals surface area (Å²) in [7, 11) is 3.09. The van der Waals surface area contributed by atoms with Crippen LogP contribution >= 0.6 is 22.9 Å². The second kappa shape index (κ2) is 11.8. The summed E-state index contributed by atoms with van der Waals surface area (Å²) in [6, 6.07) is 11.9. The molecule has 1 aromatic heterocycles. The fraction of sp³-hybridized carbons (Fsp3) is 0.304. The van der Waals surface area contributed by atoms with Crippen LogP contribution in [-0.2, 0) is 22.6 Å². The quantitative estimate of drug-likeness (QED) is 0.443. The van der Waals surface area contributed by atoms with Gasteiger partial charge in [0.15, 0.2) is 4.80 Å². The minimum atomic E-state index is -0.281. The van der Waals surface area contributed by atoms with Gasteiger partial charge in [-0.05, 0) is 48.4 Å². The number of carbonyl (C=O) groups excluding carboxylic acids is 1. The van der Waals surface area contributed by atoms with E-state index in [1.807, 2.05) is 17.5 Å². The first kappa shape index (κ1) is 24.0. The zero-order chi connectivity index (χ0) is 22.9. The Bertz CT molecular complexity index is 1110. The highest BCUT2D eigenvalue weighted by atomic mass is 35.5. The summed E-state index contributed by atoms with van der Waals surface area (Å²) in [4.78, 5) is 17.2. The molecule has 1 heterocycles. The van der Waals surface area contributed by atoms with Crippen molar-refractivity contribution in [3.63, 3.8) is 0 Å². The van der Waals surface area contributed by atoms with Gasteiger partial charge in [0.05, 0.1) is 19.3 Å². The molecule has 2 aromatic carbocycles. The van der Waals surface area contributed by atoms with Crippen LogP contribution in [0.5, 0.6) is 5.75 Å². The molecule has 0 spiro atoms. The lowest BCUT2D eigenvalue weighted by molar-refractivity contribution is -0.124. The second-order valence-corrected chi connectivity index (χ2v) is 8.24. The molecular weight excluding hydrogens is 453 g/mol. The van der Waals surface area contributed by atoms with Crippen molar-refractivity contribution in [1.29, 1.82) is 0 Å². The highest BCUT2D eigenvalue weighted by Crippen LogP contribution is 2.24. The molecule has 1 N–H and O–H groups in total. The van der Waals surface area contributed by atoms with E-state index in [1.165, 1.54) is 30.6 Å². The first-order valence-corrected chi connectivity index (χ1v) is 11.3. The number of carbonyl (C=O) groups is 1. The van der Waals surface area contributed by atoms with Gasteiger partial charge in [0.2, 0.25) is 5.91 Å². The van der Waals surface area contributed by atoms with E-state index in [0.717, 1.165) is 21.6 Å². The molecule has 0 unspecified atom stereocenters. The molecule has 0 bridgehead atoms. The molecule has 0 fully saturated rings. The molecule has 0 saturated heterocycles. The number of rotatable bonds is 10. The van der Waals surface area contributed by atoms with Gasteiger partial charge < -0.3 is 19.4 Å². The lowest BCUT2D eigenvalue weighted by Gasteiger charge is -2.11. The number of ether oxygens (including phenoxy) is 2. The predicted molar refractivity (Wildman–Crippen MR) is 124 cm³/mol. The van der Waals surface area contributed by atoms with Gasteiger partial charge in [0.25, 0.3) is 0 Å². The maximum absolute atomic E-state index is 13.4. The average Bonchev–Trinajstić information content (AvgIpc) is 3.19. The smallest absolute Gasteiger partial charge is 0.245 e. The number of nitrogens with zero attached hydrogens (tertiary/aromatic N) is 2. The van der Waals surface area contributed by atoms with Crippen LogP contribution in [0.3, 0.4) is 0 Å². The average molecular weight is 478 g/mol. The van der Waals surface area contributed by atoms with Gasteiger partial charge in [-0.25, -0.2) is 4.39 Å². The molecule has 32 heavy (non-hydrogen) atoms. The van der Waals surface area contributed by atoms with E-state index in [0.29, 0.717) is 36.8 Å². The van der Waals surface area contributed by atoms with Gasteiger partial charge >= 0.3 is 0 Å². The zero-order valence-corrected chi connectivity index (χ0v) is 19.5. The van der Waals surface area contributed by atoms with Gasteiger partial charge in [-0.2, -0.15) is 0 Å². The summed E-state index contributed by atoms with van der Waals surface area (Å²) in [6.45, 7) is 1.61. The first-order valence-electron chi connectivity index (χ1n) is 10.0. The zero-order valence-electron chi connectivity index (χ0n) is 17.9. The Kier molecular flexibility index (Phi) is 8.84. The number of hydrogen-bond acceptors (Lipinski definition) is 5. The fourth-order valence-electron chi connectivity index (χ4n) is 3.17. The van der Waals surface area contributed by atoms with Crippen LogP contribution in [0, 0.1) is 5.82 Å². The van der Waals surface area contributed by atoms with Crippen LogP contribution in [0.25, 0.3) is 11.3 Å². The summed E-state index contributed by atoms with van der Waals surface area (Å²) in [5, 5.41) is 5.44. The number of benzene rings is 2. The van der Waals surface area contributed by atoms with Gasteiger partial charge in [-0.3, -0.25) is 9.79 Å². The Morgan fingerprint density at radius 2 is 2.00 bits per heavy atom. The molecule has 0 radical (unpaired) electrons. The highest BCUT2D eigenvalue weighted by Gasteiger charge is 2.10. The Labute approximate surface area is 195 Å². The summed E-state index contributed by atoms with van der Waals surface area (Å²) >= 11 is 7.57. The van der Waals surface area contributed by atoms with Crippen LogP contribution in [0.4, 0.5) is 4.39 Å². The number of aromatic nitrogens is 1. The number of thiazole rings is 1. The lowest BCUT2D eigenvalue weighted by atomic mass is 10.1. The minimum Gasteiger partial charge on any atom is -0.496 e. The first-order chi connectivity index (χ1) is 15.5. The molecule has 0 saturated carbocycles. The maximum Gasteiger partial charge on any atom is 0.245 e. The standard InChI is InChI=1S/C23H25ClFN3O3S/c1-30-14-22(29)26-10-3-11-28-20(16-5-8-19(25)9-6-16)15-32-23(28)27-13-17-4-7-18(24)12-21(17)31-2/h4-9,12,15H,3,10-11,13-14H2,1-2H3,(H,26,29). The summed E-state index contributed by atoms with van der Waals surface area (Å²) < 4.78 is 25.7. The van der Waals surface area contributed by atoms with Crippen molar-refractivity contribution in [3.8, 4) is 17.0 Å². The third kappa shape index (κ3) is 6.41. The van der Waals surface area contributed by atoms with E-state index >= 15 is 0 Å². The number of amides is 1. The van der Waals surface area contributed by atoms with E-state index in [1.54, 1.807) is 25.3 Å². The van der Waals surface area contributed by atoms with Crippen LogP contribution in [0.15, 0.2) is 52.8 Å². The maximum atomic E-state index is 13.4. The monoisotopic (exact) mass is 477 g/mol. The Morgan fingerprint density at radius 3 is 2.72 bits per heavy atom. The van der Waals surface area contributed by atoms with Gasteiger partial charge in [0.1, 0.15) is 18.2 Å². The molecule has 0 aliphatic rings. The van der Waals surface area contributed by atoms with E-state index in [2.05, 4.69) is 9.88 Å². The van der Waals surface area contributed by atoms with Crippen molar-refractivity contribution in [1.82, 2.24) is 9.88 Å². The van der Waals surface area contributed by atoms with E-state index < -0.39 is 0 Å². The normalized spacial score (nSPS) is 11.6. The third-order valence-electron chi connectivity index (χ3n) is 4.73. The number of halogens is 2.